The molecule has 0 aromatic heterocycles. The number of carboxylic acids is 1. The van der Waals surface area contributed by atoms with Crippen molar-refractivity contribution in [3.63, 3.8) is 0 Å². The van der Waals surface area contributed by atoms with E-state index in [9.17, 15) is 9.18 Å². The molecular formula is C15H12BrFO3. The minimum absolute atomic E-state index is 0.0850. The number of carbonyl (C=O) groups is 1. The number of benzene rings is 2. The standard InChI is InChI=1S/C15H12BrFO3/c1-9-5-6-13(11(7-9)15(18)19)20-8-10-3-2-4-12(17)14(10)16/h2-7H,8H2,1H3,(H,18,19). The third-order valence-electron chi connectivity index (χ3n) is 2.78. The molecule has 0 spiro atoms. The van der Waals surface area contributed by atoms with Crippen molar-refractivity contribution in [2.45, 2.75) is 13.5 Å². The van der Waals surface area contributed by atoms with Crippen LogP contribution in [0.2, 0.25) is 0 Å². The number of halogens is 2. The highest BCUT2D eigenvalue weighted by molar-refractivity contribution is 9.10. The number of aromatic carboxylic acids is 1. The van der Waals surface area contributed by atoms with Crippen LogP contribution in [0, 0.1) is 12.7 Å². The van der Waals surface area contributed by atoms with Crippen molar-refractivity contribution in [1.82, 2.24) is 0 Å². The summed E-state index contributed by atoms with van der Waals surface area (Å²) in [7, 11) is 0. The van der Waals surface area contributed by atoms with E-state index in [0.29, 0.717) is 10.0 Å². The second-order valence-electron chi connectivity index (χ2n) is 4.31. The van der Waals surface area contributed by atoms with Crippen LogP contribution in [0.4, 0.5) is 4.39 Å². The van der Waals surface area contributed by atoms with E-state index in [4.69, 9.17) is 9.84 Å². The number of aryl methyl sites for hydroxylation is 1. The van der Waals surface area contributed by atoms with Gasteiger partial charge >= 0.3 is 5.97 Å². The second-order valence-corrected chi connectivity index (χ2v) is 5.10. The second kappa shape index (κ2) is 6.05. The molecule has 0 heterocycles. The molecule has 104 valence electrons. The van der Waals surface area contributed by atoms with Gasteiger partial charge < -0.3 is 9.84 Å². The van der Waals surface area contributed by atoms with Crippen LogP contribution in [-0.4, -0.2) is 11.1 Å². The number of rotatable bonds is 4. The third kappa shape index (κ3) is 3.17. The predicted octanol–water partition coefficient (Wildman–Crippen LogP) is 4.17. The van der Waals surface area contributed by atoms with E-state index in [1.54, 1.807) is 31.2 Å². The molecule has 0 saturated heterocycles. The summed E-state index contributed by atoms with van der Waals surface area (Å²) < 4.78 is 19.2. The molecule has 0 bridgehead atoms. The average molecular weight is 339 g/mol. The van der Waals surface area contributed by atoms with Gasteiger partial charge in [-0.1, -0.05) is 23.8 Å². The maximum absolute atomic E-state index is 13.4. The molecule has 0 unspecified atom stereocenters. The molecular weight excluding hydrogens is 327 g/mol. The van der Waals surface area contributed by atoms with E-state index in [0.717, 1.165) is 5.56 Å². The quantitative estimate of drug-likeness (QED) is 0.909. The Balaban J connectivity index is 2.23. The number of hydrogen-bond donors (Lipinski definition) is 1. The monoisotopic (exact) mass is 338 g/mol. The van der Waals surface area contributed by atoms with Gasteiger partial charge in [-0.25, -0.2) is 9.18 Å². The summed E-state index contributed by atoms with van der Waals surface area (Å²) in [6.07, 6.45) is 0. The van der Waals surface area contributed by atoms with Gasteiger partial charge in [-0.3, -0.25) is 0 Å². The lowest BCUT2D eigenvalue weighted by atomic mass is 10.1. The van der Waals surface area contributed by atoms with Gasteiger partial charge in [0.25, 0.3) is 0 Å². The van der Waals surface area contributed by atoms with Crippen LogP contribution in [0.5, 0.6) is 5.75 Å². The van der Waals surface area contributed by atoms with Gasteiger partial charge in [-0.05, 0) is 41.1 Å². The minimum Gasteiger partial charge on any atom is -0.488 e. The Kier molecular flexibility index (Phi) is 4.39. The van der Waals surface area contributed by atoms with E-state index >= 15 is 0 Å². The summed E-state index contributed by atoms with van der Waals surface area (Å²) in [6, 6.07) is 9.53. The smallest absolute Gasteiger partial charge is 0.339 e. The van der Waals surface area contributed by atoms with Crippen molar-refractivity contribution in [3.8, 4) is 5.75 Å². The molecule has 2 aromatic rings. The first-order chi connectivity index (χ1) is 9.49. The molecule has 0 aliphatic carbocycles. The Labute approximate surface area is 124 Å². The van der Waals surface area contributed by atoms with Gasteiger partial charge in [-0.15, -0.1) is 0 Å². The topological polar surface area (TPSA) is 46.5 Å². The molecule has 0 fully saturated rings. The highest BCUT2D eigenvalue weighted by Crippen LogP contribution is 2.25. The lowest BCUT2D eigenvalue weighted by molar-refractivity contribution is 0.0691. The lowest BCUT2D eigenvalue weighted by Crippen LogP contribution is -2.04. The van der Waals surface area contributed by atoms with Gasteiger partial charge in [0.05, 0.1) is 4.47 Å². The molecule has 3 nitrogen and oxygen atoms in total. The Morgan fingerprint density at radius 2 is 2.10 bits per heavy atom. The number of carboxylic acid groups (broad SMARTS) is 1. The summed E-state index contributed by atoms with van der Waals surface area (Å²) >= 11 is 3.14. The first-order valence-corrected chi connectivity index (χ1v) is 6.68. The molecule has 2 aromatic carbocycles. The molecule has 0 aliphatic heterocycles. The summed E-state index contributed by atoms with van der Waals surface area (Å²) in [6.45, 7) is 1.89. The fraction of sp³-hybridized carbons (Fsp3) is 0.133. The number of ether oxygens (including phenoxy) is 1. The molecule has 2 rings (SSSR count). The third-order valence-corrected chi connectivity index (χ3v) is 3.67. The average Bonchev–Trinajstić information content (AvgIpc) is 2.41. The first-order valence-electron chi connectivity index (χ1n) is 5.88. The van der Waals surface area contributed by atoms with Crippen molar-refractivity contribution < 1.29 is 19.0 Å². The van der Waals surface area contributed by atoms with E-state index < -0.39 is 5.97 Å². The summed E-state index contributed by atoms with van der Waals surface area (Å²) in [5.74, 6) is -1.17. The van der Waals surface area contributed by atoms with E-state index in [1.165, 1.54) is 12.1 Å². The highest BCUT2D eigenvalue weighted by Gasteiger charge is 2.12. The van der Waals surface area contributed by atoms with E-state index in [2.05, 4.69) is 15.9 Å². The molecule has 0 radical (unpaired) electrons. The van der Waals surface area contributed by atoms with Crippen LogP contribution in [0.25, 0.3) is 0 Å². The normalized spacial score (nSPS) is 10.3. The highest BCUT2D eigenvalue weighted by atomic mass is 79.9. The van der Waals surface area contributed by atoms with E-state index in [-0.39, 0.29) is 23.7 Å². The molecule has 0 aliphatic rings. The van der Waals surface area contributed by atoms with Crippen molar-refractivity contribution in [2.75, 3.05) is 0 Å². The molecule has 5 heteroatoms. The van der Waals surface area contributed by atoms with Gasteiger partial charge in [-0.2, -0.15) is 0 Å². The van der Waals surface area contributed by atoms with Crippen molar-refractivity contribution in [3.05, 3.63) is 63.4 Å². The van der Waals surface area contributed by atoms with Gasteiger partial charge in [0.15, 0.2) is 0 Å². The fourth-order valence-electron chi connectivity index (χ4n) is 1.75. The Bertz CT molecular complexity index is 656. The maximum Gasteiger partial charge on any atom is 0.339 e. The minimum atomic E-state index is -1.05. The van der Waals surface area contributed by atoms with Crippen LogP contribution < -0.4 is 4.74 Å². The van der Waals surface area contributed by atoms with Crippen LogP contribution in [0.1, 0.15) is 21.5 Å². The van der Waals surface area contributed by atoms with Gasteiger partial charge in [0.2, 0.25) is 0 Å². The zero-order chi connectivity index (χ0) is 14.7. The number of hydrogen-bond acceptors (Lipinski definition) is 2. The lowest BCUT2D eigenvalue weighted by Gasteiger charge is -2.11. The molecule has 1 N–H and O–H groups in total. The van der Waals surface area contributed by atoms with Crippen LogP contribution in [-0.2, 0) is 6.61 Å². The zero-order valence-corrected chi connectivity index (χ0v) is 12.3. The Morgan fingerprint density at radius 3 is 2.80 bits per heavy atom. The van der Waals surface area contributed by atoms with Gasteiger partial charge in [0, 0.05) is 5.56 Å². The fourth-order valence-corrected chi connectivity index (χ4v) is 2.13. The maximum atomic E-state index is 13.4. The molecule has 0 saturated carbocycles. The van der Waals surface area contributed by atoms with Crippen molar-refractivity contribution >= 4 is 21.9 Å². The zero-order valence-electron chi connectivity index (χ0n) is 10.7. The van der Waals surface area contributed by atoms with E-state index in [1.807, 2.05) is 0 Å². The van der Waals surface area contributed by atoms with Crippen molar-refractivity contribution in [2.24, 2.45) is 0 Å². The molecule has 20 heavy (non-hydrogen) atoms. The summed E-state index contributed by atoms with van der Waals surface area (Å²) in [5.41, 5.74) is 1.54. The molecule has 0 amide bonds. The Morgan fingerprint density at radius 1 is 1.35 bits per heavy atom. The van der Waals surface area contributed by atoms with Crippen molar-refractivity contribution in [1.29, 1.82) is 0 Å². The van der Waals surface area contributed by atoms with Crippen LogP contribution in [0.15, 0.2) is 40.9 Å². The van der Waals surface area contributed by atoms with Gasteiger partial charge in [0.1, 0.15) is 23.7 Å². The van der Waals surface area contributed by atoms with Crippen LogP contribution >= 0.6 is 15.9 Å². The first kappa shape index (κ1) is 14.5. The summed E-state index contributed by atoms with van der Waals surface area (Å²) in [4.78, 5) is 11.2. The largest absolute Gasteiger partial charge is 0.488 e. The Hall–Kier alpha value is -1.88. The van der Waals surface area contributed by atoms with Crippen LogP contribution in [0.3, 0.4) is 0 Å². The summed E-state index contributed by atoms with van der Waals surface area (Å²) in [5, 5.41) is 9.14. The predicted molar refractivity (Wildman–Crippen MR) is 76.6 cm³/mol. The molecule has 0 atom stereocenters. The SMILES string of the molecule is Cc1ccc(OCc2cccc(F)c2Br)c(C(=O)O)c1.